The number of sulfonamides is 1. The minimum atomic E-state index is -3.41. The number of nitrogens with one attached hydrogen (secondary N) is 2. The molecule has 0 atom stereocenters. The van der Waals surface area contributed by atoms with E-state index >= 15 is 0 Å². The first-order chi connectivity index (χ1) is 7.47. The van der Waals surface area contributed by atoms with E-state index < -0.39 is 10.0 Å². The summed E-state index contributed by atoms with van der Waals surface area (Å²) in [7, 11) is -3.41. The van der Waals surface area contributed by atoms with Gasteiger partial charge in [-0.15, -0.1) is 11.3 Å². The van der Waals surface area contributed by atoms with Crippen LogP contribution in [0.4, 0.5) is 0 Å². The minimum Gasteiger partial charge on any atom is -0.316 e. The van der Waals surface area contributed by atoms with Gasteiger partial charge in [-0.1, -0.05) is 6.92 Å². The Morgan fingerprint density at radius 1 is 1.38 bits per heavy atom. The Bertz CT molecular complexity index is 445. The predicted octanol–water partition coefficient (Wildman–Crippen LogP) is 2.16. The molecule has 1 heterocycles. The number of hydrogen-bond acceptors (Lipinski definition) is 4. The number of rotatable bonds is 6. The number of likely N-dealkylation sites (N-methyl/N-ethyl adjacent to an activating group) is 1. The molecule has 0 saturated carbocycles. The Hall–Kier alpha value is 0.530. The molecule has 92 valence electrons. The summed E-state index contributed by atoms with van der Waals surface area (Å²) in [6, 6.07) is 1.59. The quantitative estimate of drug-likeness (QED) is 0.730. The molecule has 8 heteroatoms. The topological polar surface area (TPSA) is 58.2 Å². The second-order valence-electron chi connectivity index (χ2n) is 2.94. The molecule has 1 aromatic heterocycles. The van der Waals surface area contributed by atoms with Crippen molar-refractivity contribution in [2.75, 3.05) is 19.6 Å². The molecule has 0 spiro atoms. The number of hydrogen-bond donors (Lipinski definition) is 2. The van der Waals surface area contributed by atoms with Gasteiger partial charge in [-0.25, -0.2) is 13.1 Å². The molecule has 0 fully saturated rings. The van der Waals surface area contributed by atoms with E-state index in [4.69, 9.17) is 0 Å². The lowest BCUT2D eigenvalue weighted by Crippen LogP contribution is -2.31. The van der Waals surface area contributed by atoms with E-state index in [2.05, 4.69) is 41.9 Å². The number of thiophene rings is 1. The van der Waals surface area contributed by atoms with Crippen molar-refractivity contribution in [3.63, 3.8) is 0 Å². The van der Waals surface area contributed by atoms with Crippen LogP contribution in [0.5, 0.6) is 0 Å². The maximum absolute atomic E-state index is 11.8. The van der Waals surface area contributed by atoms with E-state index in [0.29, 0.717) is 16.9 Å². The lowest BCUT2D eigenvalue weighted by molar-refractivity contribution is 0.577. The fourth-order valence-corrected chi connectivity index (χ4v) is 5.88. The smallest absolute Gasteiger partial charge is 0.242 e. The molecular formula is C8H12Br2N2O2S2. The standard InChI is InChI=1S/C8H12Br2N2O2S2/c1-2-11-3-4-12-16(13,14)6-5-7(9)15-8(6)10/h5,11-12H,2-4H2,1H3. The zero-order valence-electron chi connectivity index (χ0n) is 8.59. The van der Waals surface area contributed by atoms with Crippen molar-refractivity contribution < 1.29 is 8.42 Å². The molecule has 0 aromatic carbocycles. The van der Waals surface area contributed by atoms with Gasteiger partial charge in [0.15, 0.2) is 0 Å². The molecule has 0 radical (unpaired) electrons. The molecule has 4 nitrogen and oxygen atoms in total. The normalized spacial score (nSPS) is 11.9. The van der Waals surface area contributed by atoms with Gasteiger partial charge in [-0.2, -0.15) is 0 Å². The van der Waals surface area contributed by atoms with E-state index in [9.17, 15) is 8.42 Å². The summed E-state index contributed by atoms with van der Waals surface area (Å²) in [5.74, 6) is 0. The first-order valence-electron chi connectivity index (χ1n) is 4.62. The third-order valence-electron chi connectivity index (χ3n) is 1.76. The van der Waals surface area contributed by atoms with Crippen molar-refractivity contribution >= 4 is 53.2 Å². The van der Waals surface area contributed by atoms with Crippen LogP contribution >= 0.6 is 43.2 Å². The summed E-state index contributed by atoms with van der Waals surface area (Å²) >= 11 is 7.82. The maximum Gasteiger partial charge on any atom is 0.242 e. The van der Waals surface area contributed by atoms with Crippen LogP contribution in [0.15, 0.2) is 18.5 Å². The van der Waals surface area contributed by atoms with Gasteiger partial charge in [-0.05, 0) is 44.5 Å². The molecule has 1 aromatic rings. The summed E-state index contributed by atoms with van der Waals surface area (Å²) in [6.07, 6.45) is 0. The van der Waals surface area contributed by atoms with Crippen LogP contribution in [0.1, 0.15) is 6.92 Å². The molecule has 0 saturated heterocycles. The van der Waals surface area contributed by atoms with Crippen molar-refractivity contribution in [2.24, 2.45) is 0 Å². The van der Waals surface area contributed by atoms with Crippen molar-refractivity contribution in [3.05, 3.63) is 13.6 Å². The van der Waals surface area contributed by atoms with E-state index in [1.54, 1.807) is 6.07 Å². The average molecular weight is 392 g/mol. The molecule has 0 unspecified atom stereocenters. The molecule has 16 heavy (non-hydrogen) atoms. The van der Waals surface area contributed by atoms with E-state index in [-0.39, 0.29) is 4.90 Å². The van der Waals surface area contributed by atoms with Gasteiger partial charge in [0.05, 0.1) is 7.57 Å². The Labute approximate surface area is 116 Å². The van der Waals surface area contributed by atoms with E-state index in [0.717, 1.165) is 10.3 Å². The van der Waals surface area contributed by atoms with Gasteiger partial charge < -0.3 is 5.32 Å². The van der Waals surface area contributed by atoms with Crippen LogP contribution < -0.4 is 10.0 Å². The fourth-order valence-electron chi connectivity index (χ4n) is 1.04. The maximum atomic E-state index is 11.8. The monoisotopic (exact) mass is 390 g/mol. The van der Waals surface area contributed by atoms with Crippen molar-refractivity contribution in [1.82, 2.24) is 10.0 Å². The molecule has 2 N–H and O–H groups in total. The third-order valence-corrected chi connectivity index (χ3v) is 5.97. The zero-order chi connectivity index (χ0) is 12.2. The Balaban J connectivity index is 2.67. The van der Waals surface area contributed by atoms with Gasteiger partial charge >= 0.3 is 0 Å². The van der Waals surface area contributed by atoms with Crippen molar-refractivity contribution in [1.29, 1.82) is 0 Å². The lowest BCUT2D eigenvalue weighted by Gasteiger charge is -2.05. The molecule has 0 amide bonds. The van der Waals surface area contributed by atoms with Crippen molar-refractivity contribution in [2.45, 2.75) is 11.8 Å². The summed E-state index contributed by atoms with van der Waals surface area (Å²) in [4.78, 5) is 0.279. The van der Waals surface area contributed by atoms with E-state index in [1.165, 1.54) is 11.3 Å². The second kappa shape index (κ2) is 6.46. The first-order valence-corrected chi connectivity index (χ1v) is 8.51. The first kappa shape index (κ1) is 14.6. The van der Waals surface area contributed by atoms with Crippen LogP contribution in [-0.4, -0.2) is 28.1 Å². The molecule has 0 bridgehead atoms. The minimum absolute atomic E-state index is 0.279. The van der Waals surface area contributed by atoms with Crippen LogP contribution in [0.3, 0.4) is 0 Å². The fraction of sp³-hybridized carbons (Fsp3) is 0.500. The average Bonchev–Trinajstić information content (AvgIpc) is 2.53. The SMILES string of the molecule is CCNCCNS(=O)(=O)c1cc(Br)sc1Br. The molecule has 0 aliphatic carbocycles. The van der Waals surface area contributed by atoms with Gasteiger partial charge in [-0.3, -0.25) is 0 Å². The van der Waals surface area contributed by atoms with Gasteiger partial charge in [0.25, 0.3) is 0 Å². The lowest BCUT2D eigenvalue weighted by atomic mass is 10.6. The van der Waals surface area contributed by atoms with Crippen LogP contribution in [-0.2, 0) is 10.0 Å². The van der Waals surface area contributed by atoms with E-state index in [1.807, 2.05) is 6.92 Å². The molecule has 0 aliphatic rings. The largest absolute Gasteiger partial charge is 0.316 e. The molecule has 1 rings (SSSR count). The summed E-state index contributed by atoms with van der Waals surface area (Å²) in [5, 5.41) is 3.05. The highest BCUT2D eigenvalue weighted by Crippen LogP contribution is 2.34. The van der Waals surface area contributed by atoms with Crippen LogP contribution in [0.2, 0.25) is 0 Å². The Morgan fingerprint density at radius 3 is 2.56 bits per heavy atom. The van der Waals surface area contributed by atoms with Crippen LogP contribution in [0, 0.1) is 0 Å². The molecular weight excluding hydrogens is 380 g/mol. The third kappa shape index (κ3) is 4.08. The van der Waals surface area contributed by atoms with Gasteiger partial charge in [0.2, 0.25) is 10.0 Å². The van der Waals surface area contributed by atoms with Gasteiger partial charge in [0.1, 0.15) is 4.90 Å². The zero-order valence-corrected chi connectivity index (χ0v) is 13.4. The Morgan fingerprint density at radius 2 is 2.06 bits per heavy atom. The second-order valence-corrected chi connectivity index (χ2v) is 8.42. The van der Waals surface area contributed by atoms with Crippen LogP contribution in [0.25, 0.3) is 0 Å². The van der Waals surface area contributed by atoms with Gasteiger partial charge in [0, 0.05) is 13.1 Å². The van der Waals surface area contributed by atoms with Crippen molar-refractivity contribution in [3.8, 4) is 0 Å². The highest BCUT2D eigenvalue weighted by Gasteiger charge is 2.19. The summed E-state index contributed by atoms with van der Waals surface area (Å²) in [5.41, 5.74) is 0. The number of halogens is 2. The summed E-state index contributed by atoms with van der Waals surface area (Å²) in [6.45, 7) is 3.81. The highest BCUT2D eigenvalue weighted by atomic mass is 79.9. The Kier molecular flexibility index (Phi) is 5.89. The predicted molar refractivity (Wildman–Crippen MR) is 73.5 cm³/mol. The summed E-state index contributed by atoms with van der Waals surface area (Å²) < 4.78 is 27.6. The molecule has 0 aliphatic heterocycles. The highest BCUT2D eigenvalue weighted by molar-refractivity contribution is 9.12.